The molecule has 98 valence electrons. The van der Waals surface area contributed by atoms with Gasteiger partial charge in [-0.15, -0.1) is 0 Å². The number of nitrogens with zero attached hydrogens (tertiary/aromatic N) is 1. The molecule has 0 aliphatic carbocycles. The standard InChI is InChI=1S/C17H19NO/c1-13(19)12-18-16-8-4-2-6-14(16)10-11-15-7-3-5-9-17(15)18/h2-9,13,19H,10-12H2,1H3. The lowest BCUT2D eigenvalue weighted by Gasteiger charge is -2.28. The van der Waals surface area contributed by atoms with E-state index in [2.05, 4.69) is 53.4 Å². The SMILES string of the molecule is CC(O)CN1c2ccccc2CCc2ccccc21. The van der Waals surface area contributed by atoms with Crippen LogP contribution >= 0.6 is 0 Å². The fraction of sp³-hybridized carbons (Fsp3) is 0.294. The molecule has 2 aromatic carbocycles. The average molecular weight is 253 g/mol. The zero-order valence-electron chi connectivity index (χ0n) is 11.2. The van der Waals surface area contributed by atoms with Crippen LogP contribution in [0.1, 0.15) is 18.1 Å². The monoisotopic (exact) mass is 253 g/mol. The third-order valence-electron chi connectivity index (χ3n) is 3.68. The van der Waals surface area contributed by atoms with Crippen molar-refractivity contribution in [2.75, 3.05) is 11.4 Å². The van der Waals surface area contributed by atoms with E-state index in [1.807, 2.05) is 6.92 Å². The van der Waals surface area contributed by atoms with Gasteiger partial charge in [0.15, 0.2) is 0 Å². The number of hydrogen-bond donors (Lipinski definition) is 1. The molecule has 1 atom stereocenters. The Hall–Kier alpha value is -1.80. The van der Waals surface area contributed by atoms with Crippen LogP contribution in [0.5, 0.6) is 0 Å². The van der Waals surface area contributed by atoms with Crippen molar-refractivity contribution in [2.45, 2.75) is 25.9 Å². The molecule has 0 bridgehead atoms. The van der Waals surface area contributed by atoms with Crippen LogP contribution in [0.3, 0.4) is 0 Å². The Morgan fingerprint density at radius 1 is 0.947 bits per heavy atom. The summed E-state index contributed by atoms with van der Waals surface area (Å²) in [4.78, 5) is 2.25. The smallest absolute Gasteiger partial charge is 0.0691 e. The molecule has 1 aliphatic heterocycles. The van der Waals surface area contributed by atoms with Crippen molar-refractivity contribution in [3.8, 4) is 0 Å². The number of para-hydroxylation sites is 2. The number of benzene rings is 2. The number of aryl methyl sites for hydroxylation is 2. The van der Waals surface area contributed by atoms with Gasteiger partial charge in [0, 0.05) is 17.9 Å². The molecule has 2 nitrogen and oxygen atoms in total. The van der Waals surface area contributed by atoms with E-state index >= 15 is 0 Å². The van der Waals surface area contributed by atoms with Crippen LogP contribution in [0.4, 0.5) is 11.4 Å². The van der Waals surface area contributed by atoms with Crippen molar-refractivity contribution in [3.05, 3.63) is 59.7 Å². The van der Waals surface area contributed by atoms with Gasteiger partial charge < -0.3 is 10.0 Å². The highest BCUT2D eigenvalue weighted by Crippen LogP contribution is 2.35. The van der Waals surface area contributed by atoms with E-state index in [0.717, 1.165) is 12.8 Å². The summed E-state index contributed by atoms with van der Waals surface area (Å²) in [6.07, 6.45) is 1.77. The van der Waals surface area contributed by atoms with E-state index in [4.69, 9.17) is 0 Å². The number of aliphatic hydroxyl groups is 1. The fourth-order valence-corrected chi connectivity index (χ4v) is 2.83. The minimum absolute atomic E-state index is 0.348. The Balaban J connectivity index is 2.13. The number of β-amino-alcohol motifs (C(OH)–C–C–N with tert-alkyl or cyclic N) is 1. The molecular formula is C17H19NO. The summed E-state index contributed by atoms with van der Waals surface area (Å²) in [5.41, 5.74) is 5.18. The maximum absolute atomic E-state index is 9.81. The Morgan fingerprint density at radius 2 is 1.42 bits per heavy atom. The maximum Gasteiger partial charge on any atom is 0.0691 e. The van der Waals surface area contributed by atoms with Crippen LogP contribution in [0, 0.1) is 0 Å². The molecule has 1 aliphatic rings. The Morgan fingerprint density at radius 3 is 1.89 bits per heavy atom. The van der Waals surface area contributed by atoms with Crippen molar-refractivity contribution < 1.29 is 5.11 Å². The van der Waals surface area contributed by atoms with Gasteiger partial charge in [0.05, 0.1) is 6.10 Å². The van der Waals surface area contributed by atoms with Crippen LogP contribution in [0.2, 0.25) is 0 Å². The number of fused-ring (bicyclic) bond motifs is 2. The Labute approximate surface area is 114 Å². The molecule has 0 saturated carbocycles. The van der Waals surface area contributed by atoms with Crippen molar-refractivity contribution in [1.82, 2.24) is 0 Å². The van der Waals surface area contributed by atoms with Gasteiger partial charge in [-0.05, 0) is 43.0 Å². The molecule has 1 heterocycles. The molecule has 0 saturated heterocycles. The molecule has 0 spiro atoms. The van der Waals surface area contributed by atoms with Crippen molar-refractivity contribution >= 4 is 11.4 Å². The zero-order chi connectivity index (χ0) is 13.2. The highest BCUT2D eigenvalue weighted by molar-refractivity contribution is 5.71. The molecule has 19 heavy (non-hydrogen) atoms. The topological polar surface area (TPSA) is 23.5 Å². The lowest BCUT2D eigenvalue weighted by atomic mass is 10.0. The van der Waals surface area contributed by atoms with Gasteiger partial charge in [-0.1, -0.05) is 36.4 Å². The lowest BCUT2D eigenvalue weighted by Crippen LogP contribution is -2.27. The fourth-order valence-electron chi connectivity index (χ4n) is 2.83. The minimum Gasteiger partial charge on any atom is -0.392 e. The molecule has 0 radical (unpaired) electrons. The summed E-state index contributed by atoms with van der Waals surface area (Å²) in [5, 5.41) is 9.81. The molecular weight excluding hydrogens is 234 g/mol. The van der Waals surface area contributed by atoms with Gasteiger partial charge >= 0.3 is 0 Å². The van der Waals surface area contributed by atoms with Gasteiger partial charge in [0.2, 0.25) is 0 Å². The first kappa shape index (κ1) is 12.2. The molecule has 1 unspecified atom stereocenters. The first-order valence-electron chi connectivity index (χ1n) is 6.87. The number of rotatable bonds is 2. The number of aliphatic hydroxyl groups excluding tert-OH is 1. The summed E-state index contributed by atoms with van der Waals surface area (Å²) in [5.74, 6) is 0. The third-order valence-corrected chi connectivity index (χ3v) is 3.68. The van der Waals surface area contributed by atoms with E-state index in [1.54, 1.807) is 0 Å². The normalized spacial score (nSPS) is 15.4. The maximum atomic E-state index is 9.81. The molecule has 0 fully saturated rings. The second-order valence-corrected chi connectivity index (χ2v) is 5.22. The highest BCUT2D eigenvalue weighted by atomic mass is 16.3. The third kappa shape index (κ3) is 2.36. The van der Waals surface area contributed by atoms with Crippen molar-refractivity contribution in [2.24, 2.45) is 0 Å². The summed E-state index contributed by atoms with van der Waals surface area (Å²) in [7, 11) is 0. The van der Waals surface area contributed by atoms with Crippen LogP contribution in [0.25, 0.3) is 0 Å². The van der Waals surface area contributed by atoms with Crippen molar-refractivity contribution in [1.29, 1.82) is 0 Å². The predicted octanol–water partition coefficient (Wildman–Crippen LogP) is 3.30. The molecule has 0 aromatic heterocycles. The Bertz CT molecular complexity index is 529. The second-order valence-electron chi connectivity index (χ2n) is 5.22. The van der Waals surface area contributed by atoms with E-state index in [-0.39, 0.29) is 6.10 Å². The second kappa shape index (κ2) is 5.06. The molecule has 2 aromatic rings. The van der Waals surface area contributed by atoms with E-state index in [9.17, 15) is 5.11 Å². The predicted molar refractivity (Wildman–Crippen MR) is 79.0 cm³/mol. The lowest BCUT2D eigenvalue weighted by molar-refractivity contribution is 0.203. The minimum atomic E-state index is -0.348. The molecule has 0 amide bonds. The summed E-state index contributed by atoms with van der Waals surface area (Å²) >= 11 is 0. The summed E-state index contributed by atoms with van der Waals surface area (Å²) < 4.78 is 0. The van der Waals surface area contributed by atoms with Crippen LogP contribution in [-0.4, -0.2) is 17.8 Å². The highest BCUT2D eigenvalue weighted by Gasteiger charge is 2.20. The summed E-state index contributed by atoms with van der Waals surface area (Å²) in [6.45, 7) is 2.48. The van der Waals surface area contributed by atoms with Crippen LogP contribution < -0.4 is 4.90 Å². The van der Waals surface area contributed by atoms with Crippen molar-refractivity contribution in [3.63, 3.8) is 0 Å². The van der Waals surface area contributed by atoms with E-state index < -0.39 is 0 Å². The number of anilines is 2. The Kier molecular flexibility index (Phi) is 3.26. The van der Waals surface area contributed by atoms with Gasteiger partial charge in [-0.3, -0.25) is 0 Å². The molecule has 3 rings (SSSR count). The molecule has 2 heteroatoms. The largest absolute Gasteiger partial charge is 0.392 e. The van der Waals surface area contributed by atoms with Crippen LogP contribution in [-0.2, 0) is 12.8 Å². The van der Waals surface area contributed by atoms with Gasteiger partial charge in [-0.25, -0.2) is 0 Å². The van der Waals surface area contributed by atoms with E-state index in [0.29, 0.717) is 6.54 Å². The van der Waals surface area contributed by atoms with Gasteiger partial charge in [-0.2, -0.15) is 0 Å². The van der Waals surface area contributed by atoms with Crippen LogP contribution in [0.15, 0.2) is 48.5 Å². The first-order valence-corrected chi connectivity index (χ1v) is 6.87. The quantitative estimate of drug-likeness (QED) is 0.887. The average Bonchev–Trinajstić information content (AvgIpc) is 2.57. The van der Waals surface area contributed by atoms with E-state index in [1.165, 1.54) is 22.5 Å². The first-order chi connectivity index (χ1) is 9.25. The van der Waals surface area contributed by atoms with Gasteiger partial charge in [0.25, 0.3) is 0 Å². The van der Waals surface area contributed by atoms with Gasteiger partial charge in [0.1, 0.15) is 0 Å². The number of hydrogen-bond acceptors (Lipinski definition) is 2. The summed E-state index contributed by atoms with van der Waals surface area (Å²) in [6, 6.07) is 17.0. The molecule has 1 N–H and O–H groups in total. The zero-order valence-corrected chi connectivity index (χ0v) is 11.2.